The molecule has 0 aliphatic rings. The third-order valence-corrected chi connectivity index (χ3v) is 2.55. The van der Waals surface area contributed by atoms with Gasteiger partial charge < -0.3 is 9.84 Å². The zero-order chi connectivity index (χ0) is 14.7. The van der Waals surface area contributed by atoms with E-state index in [0.29, 0.717) is 0 Å². The van der Waals surface area contributed by atoms with Gasteiger partial charge in [0.25, 0.3) is 0 Å². The maximum atomic E-state index is 11.0. The van der Waals surface area contributed by atoms with Crippen LogP contribution in [-0.4, -0.2) is 21.0 Å². The number of halogens is 1. The second kappa shape index (κ2) is 5.54. The molecule has 7 nitrogen and oxygen atoms in total. The summed E-state index contributed by atoms with van der Waals surface area (Å²) in [4.78, 5) is 24.9. The number of ether oxygens (including phenoxy) is 1. The number of nitro groups is 1. The molecule has 0 radical (unpaired) electrons. The van der Waals surface area contributed by atoms with Crippen LogP contribution in [0, 0.1) is 10.1 Å². The van der Waals surface area contributed by atoms with Crippen molar-refractivity contribution in [2.45, 2.75) is 0 Å². The lowest BCUT2D eigenvalue weighted by molar-refractivity contribution is -0.385. The number of hydrogen-bond donors (Lipinski definition) is 1. The van der Waals surface area contributed by atoms with Gasteiger partial charge in [-0.15, -0.1) is 0 Å². The zero-order valence-corrected chi connectivity index (χ0v) is 10.6. The molecular formula is C12H7ClN2O5. The molecule has 0 saturated carbocycles. The Morgan fingerprint density at radius 2 is 2.10 bits per heavy atom. The van der Waals surface area contributed by atoms with E-state index in [2.05, 4.69) is 4.98 Å². The van der Waals surface area contributed by atoms with E-state index in [0.717, 1.165) is 0 Å². The standard InChI is InChI=1S/C12H7ClN2O5/c13-7-3-4-8(15(18)19)10(6-7)20-9-2-1-5-14-11(9)12(16)17/h1-6H,(H,16,17). The summed E-state index contributed by atoms with van der Waals surface area (Å²) in [6.45, 7) is 0. The third-order valence-electron chi connectivity index (χ3n) is 2.31. The molecule has 0 amide bonds. The van der Waals surface area contributed by atoms with Crippen LogP contribution < -0.4 is 4.74 Å². The fourth-order valence-electron chi connectivity index (χ4n) is 1.47. The topological polar surface area (TPSA) is 103 Å². The molecule has 0 unspecified atom stereocenters. The molecule has 2 aromatic rings. The lowest BCUT2D eigenvalue weighted by atomic mass is 10.3. The molecule has 1 heterocycles. The van der Waals surface area contributed by atoms with Gasteiger partial charge >= 0.3 is 11.7 Å². The summed E-state index contributed by atoms with van der Waals surface area (Å²) in [5.41, 5.74) is -0.670. The fraction of sp³-hybridized carbons (Fsp3) is 0. The van der Waals surface area contributed by atoms with Crippen molar-refractivity contribution in [3.05, 3.63) is 57.4 Å². The monoisotopic (exact) mass is 294 g/mol. The van der Waals surface area contributed by atoms with Crippen molar-refractivity contribution in [3.63, 3.8) is 0 Å². The number of nitrogens with zero attached hydrogens (tertiary/aromatic N) is 2. The van der Waals surface area contributed by atoms with Crippen LogP contribution in [0.25, 0.3) is 0 Å². The van der Waals surface area contributed by atoms with Gasteiger partial charge in [-0.1, -0.05) is 11.6 Å². The number of carboxylic acids is 1. The first kappa shape index (κ1) is 13.8. The lowest BCUT2D eigenvalue weighted by Gasteiger charge is -2.08. The Hall–Kier alpha value is -2.67. The lowest BCUT2D eigenvalue weighted by Crippen LogP contribution is -2.03. The molecule has 0 atom stereocenters. The highest BCUT2D eigenvalue weighted by Crippen LogP contribution is 2.34. The largest absolute Gasteiger partial charge is 0.476 e. The second-order valence-electron chi connectivity index (χ2n) is 3.63. The molecule has 8 heteroatoms. The summed E-state index contributed by atoms with van der Waals surface area (Å²) >= 11 is 5.76. The first-order valence-electron chi connectivity index (χ1n) is 5.29. The number of carboxylic acid groups (broad SMARTS) is 1. The molecule has 102 valence electrons. The number of nitro benzene ring substituents is 1. The van der Waals surface area contributed by atoms with Gasteiger partial charge in [-0.2, -0.15) is 0 Å². The number of aromatic carboxylic acids is 1. The molecule has 0 saturated heterocycles. The number of aromatic nitrogens is 1. The van der Waals surface area contributed by atoms with Gasteiger partial charge in [0, 0.05) is 23.4 Å². The molecule has 0 bridgehead atoms. The van der Waals surface area contributed by atoms with Crippen molar-refractivity contribution in [2.75, 3.05) is 0 Å². The van der Waals surface area contributed by atoms with E-state index in [1.165, 1.54) is 36.5 Å². The molecule has 1 N–H and O–H groups in total. The van der Waals surface area contributed by atoms with Gasteiger partial charge in [-0.05, 0) is 18.2 Å². The summed E-state index contributed by atoms with van der Waals surface area (Å²) in [6, 6.07) is 6.56. The molecule has 1 aromatic carbocycles. The Bertz CT molecular complexity index is 689. The molecule has 0 aliphatic carbocycles. The van der Waals surface area contributed by atoms with Crippen LogP contribution in [0.1, 0.15) is 10.5 Å². The molecular weight excluding hydrogens is 288 g/mol. The van der Waals surface area contributed by atoms with Crippen LogP contribution in [-0.2, 0) is 0 Å². The van der Waals surface area contributed by atoms with Crippen LogP contribution in [0.15, 0.2) is 36.5 Å². The molecule has 20 heavy (non-hydrogen) atoms. The molecule has 0 fully saturated rings. The van der Waals surface area contributed by atoms with Crippen molar-refractivity contribution in [3.8, 4) is 11.5 Å². The molecule has 0 aliphatic heterocycles. The quantitative estimate of drug-likeness (QED) is 0.686. The van der Waals surface area contributed by atoms with Gasteiger partial charge in [0.15, 0.2) is 11.4 Å². The first-order chi connectivity index (χ1) is 9.49. The molecule has 2 rings (SSSR count). The minimum atomic E-state index is -1.30. The highest BCUT2D eigenvalue weighted by Gasteiger charge is 2.19. The van der Waals surface area contributed by atoms with Crippen molar-refractivity contribution >= 4 is 23.3 Å². The zero-order valence-electron chi connectivity index (χ0n) is 9.82. The van der Waals surface area contributed by atoms with Crippen LogP contribution in [0.3, 0.4) is 0 Å². The maximum Gasteiger partial charge on any atom is 0.358 e. The average molecular weight is 295 g/mol. The van der Waals surface area contributed by atoms with Gasteiger partial charge in [-0.3, -0.25) is 10.1 Å². The van der Waals surface area contributed by atoms with E-state index in [4.69, 9.17) is 21.4 Å². The van der Waals surface area contributed by atoms with Crippen LogP contribution in [0.4, 0.5) is 5.69 Å². The second-order valence-corrected chi connectivity index (χ2v) is 4.06. The Morgan fingerprint density at radius 1 is 1.35 bits per heavy atom. The van der Waals surface area contributed by atoms with Crippen molar-refractivity contribution in [2.24, 2.45) is 0 Å². The van der Waals surface area contributed by atoms with Crippen molar-refractivity contribution < 1.29 is 19.6 Å². The Balaban J connectivity index is 2.47. The van der Waals surface area contributed by atoms with Crippen molar-refractivity contribution in [1.29, 1.82) is 0 Å². The van der Waals surface area contributed by atoms with Crippen LogP contribution in [0.5, 0.6) is 11.5 Å². The Labute approximate surface area is 117 Å². The minimum Gasteiger partial charge on any atom is -0.476 e. The number of carbonyl (C=O) groups is 1. The van der Waals surface area contributed by atoms with Crippen LogP contribution >= 0.6 is 11.6 Å². The fourth-order valence-corrected chi connectivity index (χ4v) is 1.63. The Kier molecular flexibility index (Phi) is 3.81. The SMILES string of the molecule is O=C(O)c1ncccc1Oc1cc(Cl)ccc1[N+](=O)[O-]. The number of benzene rings is 1. The number of pyridine rings is 1. The summed E-state index contributed by atoms with van der Waals surface area (Å²) in [5, 5.41) is 20.1. The van der Waals surface area contributed by atoms with E-state index in [1.54, 1.807) is 0 Å². The highest BCUT2D eigenvalue weighted by molar-refractivity contribution is 6.30. The van der Waals surface area contributed by atoms with Crippen molar-refractivity contribution in [1.82, 2.24) is 4.98 Å². The maximum absolute atomic E-state index is 11.0. The summed E-state index contributed by atoms with van der Waals surface area (Å²) in [5.74, 6) is -1.56. The predicted molar refractivity (Wildman–Crippen MR) is 69.4 cm³/mol. The van der Waals surface area contributed by atoms with Gasteiger partial charge in [-0.25, -0.2) is 9.78 Å². The van der Waals surface area contributed by atoms with Gasteiger partial charge in [0.2, 0.25) is 5.75 Å². The minimum absolute atomic E-state index is 0.106. The van der Waals surface area contributed by atoms with Gasteiger partial charge in [0.1, 0.15) is 0 Å². The van der Waals surface area contributed by atoms with E-state index in [1.807, 2.05) is 0 Å². The summed E-state index contributed by atoms with van der Waals surface area (Å²) < 4.78 is 5.27. The number of hydrogen-bond acceptors (Lipinski definition) is 5. The van der Waals surface area contributed by atoms with Crippen LogP contribution in [0.2, 0.25) is 5.02 Å². The first-order valence-corrected chi connectivity index (χ1v) is 5.67. The predicted octanol–water partition coefficient (Wildman–Crippen LogP) is 3.13. The van der Waals surface area contributed by atoms with E-state index < -0.39 is 10.9 Å². The van der Waals surface area contributed by atoms with E-state index in [-0.39, 0.29) is 27.9 Å². The highest BCUT2D eigenvalue weighted by atomic mass is 35.5. The van der Waals surface area contributed by atoms with Gasteiger partial charge in [0.05, 0.1) is 4.92 Å². The smallest absolute Gasteiger partial charge is 0.358 e. The average Bonchev–Trinajstić information content (AvgIpc) is 2.38. The summed E-state index contributed by atoms with van der Waals surface area (Å²) in [7, 11) is 0. The Morgan fingerprint density at radius 3 is 2.75 bits per heavy atom. The molecule has 0 spiro atoms. The van der Waals surface area contributed by atoms with E-state index in [9.17, 15) is 14.9 Å². The third kappa shape index (κ3) is 2.83. The normalized spacial score (nSPS) is 10.1. The summed E-state index contributed by atoms with van der Waals surface area (Å²) in [6.07, 6.45) is 1.28. The number of rotatable bonds is 4. The van der Waals surface area contributed by atoms with E-state index >= 15 is 0 Å². The molecule has 1 aromatic heterocycles.